The van der Waals surface area contributed by atoms with Gasteiger partial charge in [0.15, 0.2) is 0 Å². The van der Waals surface area contributed by atoms with Crippen LogP contribution in [0.25, 0.3) is 0 Å². The summed E-state index contributed by atoms with van der Waals surface area (Å²) in [6.45, 7) is 6.81. The number of allylic oxidation sites excluding steroid dienone is 4. The summed E-state index contributed by atoms with van der Waals surface area (Å²) in [5.41, 5.74) is 4.67. The standard InChI is InChI=1S/C12H25B3/c1-4-9(3)8-12(15)10(6-7-13)11(14)5-2/h8-9H,4-7,13-15H2,1-3H3/b11-10+,12-8?. The lowest BCUT2D eigenvalue weighted by Crippen LogP contribution is -1.99. The molecule has 0 rings (SSSR count). The van der Waals surface area contributed by atoms with Crippen molar-refractivity contribution in [2.24, 2.45) is 5.92 Å². The van der Waals surface area contributed by atoms with Crippen LogP contribution in [0, 0.1) is 5.92 Å². The van der Waals surface area contributed by atoms with Gasteiger partial charge in [-0.05, 0) is 18.8 Å². The van der Waals surface area contributed by atoms with Gasteiger partial charge in [-0.3, -0.25) is 0 Å². The molecule has 0 amide bonds. The molecule has 0 bridgehead atoms. The van der Waals surface area contributed by atoms with Gasteiger partial charge < -0.3 is 0 Å². The summed E-state index contributed by atoms with van der Waals surface area (Å²) in [6, 6.07) is 0. The highest BCUT2D eigenvalue weighted by Gasteiger charge is 2.04. The van der Waals surface area contributed by atoms with Gasteiger partial charge in [0.2, 0.25) is 0 Å². The van der Waals surface area contributed by atoms with E-state index in [4.69, 9.17) is 0 Å². The Morgan fingerprint density at radius 2 is 1.87 bits per heavy atom. The second-order valence-electron chi connectivity index (χ2n) is 4.60. The van der Waals surface area contributed by atoms with Crippen LogP contribution in [-0.4, -0.2) is 23.5 Å². The van der Waals surface area contributed by atoms with E-state index >= 15 is 0 Å². The highest BCUT2D eigenvalue weighted by atomic mass is 14.0. The van der Waals surface area contributed by atoms with Crippen LogP contribution < -0.4 is 0 Å². The second kappa shape index (κ2) is 7.90. The maximum absolute atomic E-state index is 2.43. The van der Waals surface area contributed by atoms with Crippen molar-refractivity contribution < 1.29 is 0 Å². The lowest BCUT2D eigenvalue weighted by Gasteiger charge is -2.14. The van der Waals surface area contributed by atoms with E-state index in [9.17, 15) is 0 Å². The first-order valence-electron chi connectivity index (χ1n) is 6.44. The van der Waals surface area contributed by atoms with Gasteiger partial charge in [-0.1, -0.05) is 50.6 Å². The first kappa shape index (κ1) is 14.7. The van der Waals surface area contributed by atoms with Gasteiger partial charge in [-0.25, -0.2) is 0 Å². The molecule has 3 heteroatoms. The summed E-state index contributed by atoms with van der Waals surface area (Å²) in [7, 11) is 6.81. The molecule has 0 N–H and O–H groups in total. The zero-order valence-corrected chi connectivity index (χ0v) is 11.5. The number of hydrogen-bond donors (Lipinski definition) is 0. The fourth-order valence-electron chi connectivity index (χ4n) is 1.86. The molecule has 0 fully saturated rings. The van der Waals surface area contributed by atoms with E-state index < -0.39 is 0 Å². The third-order valence-electron chi connectivity index (χ3n) is 3.20. The highest BCUT2D eigenvalue weighted by molar-refractivity contribution is 6.28. The van der Waals surface area contributed by atoms with E-state index in [0.717, 1.165) is 0 Å². The van der Waals surface area contributed by atoms with Gasteiger partial charge in [0.25, 0.3) is 0 Å². The molecule has 0 aromatic carbocycles. The molecule has 0 aromatic heterocycles. The van der Waals surface area contributed by atoms with Crippen LogP contribution in [0.5, 0.6) is 0 Å². The summed E-state index contributed by atoms with van der Waals surface area (Å²) >= 11 is 0. The minimum absolute atomic E-state index is 0.710. The van der Waals surface area contributed by atoms with Crippen molar-refractivity contribution in [3.05, 3.63) is 22.6 Å². The second-order valence-corrected chi connectivity index (χ2v) is 4.60. The first-order valence-corrected chi connectivity index (χ1v) is 6.44. The van der Waals surface area contributed by atoms with Crippen molar-refractivity contribution in [1.29, 1.82) is 0 Å². The average molecular weight is 202 g/mol. The Morgan fingerprint density at radius 3 is 2.27 bits per heavy atom. The molecule has 0 nitrogen and oxygen atoms in total. The van der Waals surface area contributed by atoms with Crippen LogP contribution in [0.4, 0.5) is 0 Å². The fourth-order valence-corrected chi connectivity index (χ4v) is 1.86. The third-order valence-corrected chi connectivity index (χ3v) is 3.20. The van der Waals surface area contributed by atoms with E-state index in [2.05, 4.69) is 50.4 Å². The van der Waals surface area contributed by atoms with E-state index in [1.54, 1.807) is 11.0 Å². The van der Waals surface area contributed by atoms with Crippen molar-refractivity contribution in [1.82, 2.24) is 0 Å². The Balaban J connectivity index is 4.85. The predicted molar refractivity (Wildman–Crippen MR) is 79.9 cm³/mol. The molecular formula is C12H25B3. The normalized spacial score (nSPS) is 16.1. The number of rotatable bonds is 6. The molecule has 0 aliphatic rings. The average Bonchev–Trinajstić information content (AvgIpc) is 2.24. The van der Waals surface area contributed by atoms with Crippen LogP contribution in [0.3, 0.4) is 0 Å². The molecular weight excluding hydrogens is 177 g/mol. The van der Waals surface area contributed by atoms with Crippen LogP contribution in [-0.2, 0) is 0 Å². The monoisotopic (exact) mass is 202 g/mol. The van der Waals surface area contributed by atoms with Gasteiger partial charge in [0.05, 0.1) is 0 Å². The Hall–Kier alpha value is -0.325. The molecule has 0 saturated carbocycles. The van der Waals surface area contributed by atoms with Crippen LogP contribution in [0.1, 0.15) is 40.0 Å². The Morgan fingerprint density at radius 1 is 1.27 bits per heavy atom. The molecule has 0 aliphatic heterocycles. The van der Waals surface area contributed by atoms with E-state index in [-0.39, 0.29) is 0 Å². The summed E-state index contributed by atoms with van der Waals surface area (Å²) in [6.07, 6.45) is 7.34. The molecule has 0 radical (unpaired) electrons. The smallest absolute Gasteiger partial charge is 0.108 e. The van der Waals surface area contributed by atoms with E-state index in [1.165, 1.54) is 31.1 Å². The van der Waals surface area contributed by atoms with Crippen molar-refractivity contribution in [2.75, 3.05) is 0 Å². The first-order chi connectivity index (χ1) is 7.06. The molecule has 0 aliphatic carbocycles. The van der Waals surface area contributed by atoms with Crippen LogP contribution >= 0.6 is 0 Å². The van der Waals surface area contributed by atoms with Crippen molar-refractivity contribution in [2.45, 2.75) is 46.4 Å². The summed E-state index contributed by atoms with van der Waals surface area (Å²) in [5.74, 6) is 0.710. The molecule has 15 heavy (non-hydrogen) atoms. The Labute approximate surface area is 98.8 Å². The van der Waals surface area contributed by atoms with Crippen molar-refractivity contribution >= 4 is 23.5 Å². The van der Waals surface area contributed by atoms with Crippen LogP contribution in [0.15, 0.2) is 22.6 Å². The summed E-state index contributed by atoms with van der Waals surface area (Å²) < 4.78 is 0. The van der Waals surface area contributed by atoms with Gasteiger partial charge in [-0.15, -0.1) is 5.47 Å². The van der Waals surface area contributed by atoms with Crippen molar-refractivity contribution in [3.8, 4) is 0 Å². The van der Waals surface area contributed by atoms with Crippen molar-refractivity contribution in [3.63, 3.8) is 0 Å². The quantitative estimate of drug-likeness (QED) is 0.449. The molecule has 82 valence electrons. The lowest BCUT2D eigenvalue weighted by atomic mass is 9.74. The summed E-state index contributed by atoms with van der Waals surface area (Å²) in [4.78, 5) is 0. The van der Waals surface area contributed by atoms with Gasteiger partial charge >= 0.3 is 0 Å². The van der Waals surface area contributed by atoms with Gasteiger partial charge in [-0.2, -0.15) is 0 Å². The van der Waals surface area contributed by atoms with E-state index in [1.807, 2.05) is 0 Å². The predicted octanol–water partition coefficient (Wildman–Crippen LogP) is 1.29. The van der Waals surface area contributed by atoms with Gasteiger partial charge in [0, 0.05) is 0 Å². The topological polar surface area (TPSA) is 0 Å². The molecule has 0 spiro atoms. The minimum atomic E-state index is 0.710. The molecule has 1 unspecified atom stereocenters. The zero-order valence-electron chi connectivity index (χ0n) is 11.5. The van der Waals surface area contributed by atoms with Crippen LogP contribution in [0.2, 0.25) is 6.32 Å². The highest BCUT2D eigenvalue weighted by Crippen LogP contribution is 2.20. The third kappa shape index (κ3) is 5.34. The zero-order chi connectivity index (χ0) is 11.8. The maximum Gasteiger partial charge on any atom is 0.139 e. The van der Waals surface area contributed by atoms with E-state index in [0.29, 0.717) is 5.92 Å². The largest absolute Gasteiger partial charge is 0.139 e. The molecule has 0 aromatic rings. The van der Waals surface area contributed by atoms with Gasteiger partial charge in [0.1, 0.15) is 23.5 Å². The summed E-state index contributed by atoms with van der Waals surface area (Å²) in [5, 5.41) is 0. The fraction of sp³-hybridized carbons (Fsp3) is 0.667. The molecule has 1 atom stereocenters. The lowest BCUT2D eigenvalue weighted by molar-refractivity contribution is 0.696. The molecule has 0 heterocycles. The number of hydrogen-bond acceptors (Lipinski definition) is 0. The Bertz CT molecular complexity index is 241. The Kier molecular flexibility index (Phi) is 7.73. The molecule has 0 saturated heterocycles. The maximum atomic E-state index is 2.43. The minimum Gasteiger partial charge on any atom is -0.108 e. The SMILES string of the molecule is BCC/C(C(B)=CC(C)CC)=C(\B)CC.